The van der Waals surface area contributed by atoms with E-state index < -0.39 is 5.82 Å². The van der Waals surface area contributed by atoms with E-state index in [-0.39, 0.29) is 17.1 Å². The summed E-state index contributed by atoms with van der Waals surface area (Å²) in [5.41, 5.74) is 3.80. The molecule has 0 unspecified atom stereocenters. The van der Waals surface area contributed by atoms with E-state index in [1.54, 1.807) is 28.9 Å². The Kier molecular flexibility index (Phi) is 10.1. The molecule has 0 spiro atoms. The number of nitrogens with zero attached hydrogens (tertiary/aromatic N) is 5. The minimum absolute atomic E-state index is 0.116. The van der Waals surface area contributed by atoms with Gasteiger partial charge in [-0.3, -0.25) is 4.90 Å². The van der Waals surface area contributed by atoms with Crippen LogP contribution in [0.15, 0.2) is 41.3 Å². The van der Waals surface area contributed by atoms with Crippen LogP contribution in [0.4, 0.5) is 26.4 Å². The Morgan fingerprint density at radius 3 is 2.71 bits per heavy atom. The summed E-state index contributed by atoms with van der Waals surface area (Å²) < 4.78 is 16.7. The third-order valence-corrected chi connectivity index (χ3v) is 6.59. The molecule has 2 aromatic heterocycles. The van der Waals surface area contributed by atoms with Crippen molar-refractivity contribution < 1.29 is 9.18 Å². The maximum Gasteiger partial charge on any atom is 0.327 e. The van der Waals surface area contributed by atoms with Gasteiger partial charge in [0.05, 0.1) is 5.69 Å². The van der Waals surface area contributed by atoms with Crippen LogP contribution >= 0.6 is 0 Å². The van der Waals surface area contributed by atoms with Gasteiger partial charge in [0.1, 0.15) is 11.3 Å². The van der Waals surface area contributed by atoms with Crippen molar-refractivity contribution in [3.63, 3.8) is 0 Å². The highest BCUT2D eigenvalue weighted by Gasteiger charge is 2.31. The van der Waals surface area contributed by atoms with Crippen molar-refractivity contribution in [3.05, 3.63) is 53.2 Å². The van der Waals surface area contributed by atoms with Gasteiger partial charge < -0.3 is 14.8 Å². The van der Waals surface area contributed by atoms with E-state index in [9.17, 15) is 4.79 Å². The second-order valence-corrected chi connectivity index (χ2v) is 11.4. The molecule has 3 rings (SSSR count). The number of nitrogens with one attached hydrogen (secondary N) is 1. The number of urea groups is 1. The van der Waals surface area contributed by atoms with Gasteiger partial charge in [-0.25, -0.2) is 19.2 Å². The number of allylic oxidation sites excluding steroid dienone is 2. The molecule has 7 nitrogen and oxygen atoms in total. The Morgan fingerprint density at radius 2 is 2.03 bits per heavy atom. The number of carbonyl (C=O) groups excluding carboxylic acids is 1. The molecule has 0 fully saturated rings. The third-order valence-electron chi connectivity index (χ3n) is 6.59. The normalized spacial score (nSPS) is 14.2. The SMILES string of the molecule is CCC/C=C(\C)N=c1cc(F)c(NC(=O)N2CCc3c(N(CCCCC)CC(C)(C)C)ccnc32)cn1C. The number of anilines is 3. The van der Waals surface area contributed by atoms with Crippen LogP contribution in [0.5, 0.6) is 0 Å². The average Bonchev–Trinajstić information content (AvgIpc) is 3.29. The highest BCUT2D eigenvalue weighted by molar-refractivity contribution is 6.03. The Hall–Kier alpha value is -3.16. The summed E-state index contributed by atoms with van der Waals surface area (Å²) in [5, 5.41) is 2.76. The molecule has 38 heavy (non-hydrogen) atoms. The molecular formula is C30H45FN6O. The molecule has 1 N–H and O–H groups in total. The molecule has 0 aromatic carbocycles. The van der Waals surface area contributed by atoms with Crippen LogP contribution in [0.25, 0.3) is 0 Å². The van der Waals surface area contributed by atoms with Gasteiger partial charge in [0.25, 0.3) is 0 Å². The molecular weight excluding hydrogens is 479 g/mol. The third kappa shape index (κ3) is 7.68. The Balaban J connectivity index is 1.84. The zero-order valence-electron chi connectivity index (χ0n) is 24.3. The van der Waals surface area contributed by atoms with E-state index in [4.69, 9.17) is 0 Å². The molecule has 0 bridgehead atoms. The van der Waals surface area contributed by atoms with E-state index in [0.29, 0.717) is 17.9 Å². The van der Waals surface area contributed by atoms with Crippen LogP contribution in [0.3, 0.4) is 0 Å². The number of unbranched alkanes of at least 4 members (excludes halogenated alkanes) is 3. The average molecular weight is 525 g/mol. The molecule has 0 atom stereocenters. The van der Waals surface area contributed by atoms with Crippen LogP contribution in [-0.2, 0) is 13.5 Å². The fraction of sp³-hybridized carbons (Fsp3) is 0.567. The highest BCUT2D eigenvalue weighted by atomic mass is 19.1. The highest BCUT2D eigenvalue weighted by Crippen LogP contribution is 2.35. The molecule has 2 amide bonds. The maximum atomic E-state index is 15.0. The van der Waals surface area contributed by atoms with Gasteiger partial charge in [-0.05, 0) is 37.7 Å². The van der Waals surface area contributed by atoms with Crippen LogP contribution in [0.1, 0.15) is 79.2 Å². The molecule has 3 heterocycles. The number of hydrogen-bond acceptors (Lipinski definition) is 4. The number of amides is 2. The maximum absolute atomic E-state index is 15.0. The van der Waals surface area contributed by atoms with Crippen molar-refractivity contribution in [2.45, 2.75) is 80.1 Å². The molecule has 1 aliphatic heterocycles. The number of aromatic nitrogens is 2. The lowest BCUT2D eigenvalue weighted by atomic mass is 9.95. The monoisotopic (exact) mass is 524 g/mol. The van der Waals surface area contributed by atoms with E-state index in [0.717, 1.165) is 55.7 Å². The van der Waals surface area contributed by atoms with Crippen LogP contribution < -0.4 is 20.6 Å². The summed E-state index contributed by atoms with van der Waals surface area (Å²) in [7, 11) is 1.79. The van der Waals surface area contributed by atoms with Gasteiger partial charge >= 0.3 is 6.03 Å². The predicted molar refractivity (Wildman–Crippen MR) is 155 cm³/mol. The van der Waals surface area contributed by atoms with Crippen molar-refractivity contribution in [2.75, 3.05) is 34.8 Å². The van der Waals surface area contributed by atoms with E-state index in [1.165, 1.54) is 18.9 Å². The number of fused-ring (bicyclic) bond motifs is 1. The minimum Gasteiger partial charge on any atom is -0.371 e. The molecule has 0 saturated carbocycles. The first-order chi connectivity index (χ1) is 18.0. The van der Waals surface area contributed by atoms with Crippen molar-refractivity contribution >= 4 is 23.2 Å². The number of aryl methyl sites for hydroxylation is 1. The smallest absolute Gasteiger partial charge is 0.327 e. The Bertz CT molecular complexity index is 1210. The van der Waals surface area contributed by atoms with E-state index >= 15 is 4.39 Å². The number of hydrogen-bond donors (Lipinski definition) is 1. The zero-order valence-corrected chi connectivity index (χ0v) is 24.3. The second-order valence-electron chi connectivity index (χ2n) is 11.4. The number of pyridine rings is 2. The van der Waals surface area contributed by atoms with Gasteiger partial charge in [0, 0.05) is 62.1 Å². The molecule has 0 aliphatic carbocycles. The van der Waals surface area contributed by atoms with Crippen molar-refractivity contribution in [1.82, 2.24) is 9.55 Å². The summed E-state index contributed by atoms with van der Waals surface area (Å²) >= 11 is 0. The molecule has 0 saturated heterocycles. The lowest BCUT2D eigenvalue weighted by molar-refractivity contribution is 0.257. The largest absolute Gasteiger partial charge is 0.371 e. The quantitative estimate of drug-likeness (QED) is 0.348. The first kappa shape index (κ1) is 29.4. The summed E-state index contributed by atoms with van der Waals surface area (Å²) in [6.45, 7) is 15.4. The molecule has 8 heteroatoms. The standard InChI is InChI=1S/C30H45FN6O/c1-8-10-12-17-36(21-30(4,5)6)26-14-16-32-28-23(26)15-18-37(28)29(38)34-25-20-35(7)27(19-24(25)31)33-22(3)13-11-9-2/h13-14,16,19-20H,8-12,15,17-18,21H2,1-7H3,(H,34,38)/b22-13+,33-27?. The number of halogens is 1. The fourth-order valence-corrected chi connectivity index (χ4v) is 4.76. The summed E-state index contributed by atoms with van der Waals surface area (Å²) in [5.74, 6) is 0.134. The van der Waals surface area contributed by atoms with E-state index in [2.05, 4.69) is 60.9 Å². The lowest BCUT2D eigenvalue weighted by Gasteiger charge is -2.33. The first-order valence-electron chi connectivity index (χ1n) is 13.9. The van der Waals surface area contributed by atoms with Gasteiger partial charge in [0.15, 0.2) is 5.82 Å². The molecule has 1 aliphatic rings. The lowest BCUT2D eigenvalue weighted by Crippen LogP contribution is -2.35. The second kappa shape index (κ2) is 13.1. The zero-order chi connectivity index (χ0) is 27.9. The van der Waals surface area contributed by atoms with Crippen LogP contribution in [-0.4, -0.2) is 35.2 Å². The van der Waals surface area contributed by atoms with Crippen molar-refractivity contribution in [3.8, 4) is 0 Å². The first-order valence-corrected chi connectivity index (χ1v) is 13.9. The minimum atomic E-state index is -0.521. The van der Waals surface area contributed by atoms with Crippen molar-refractivity contribution in [2.24, 2.45) is 17.5 Å². The van der Waals surface area contributed by atoms with Gasteiger partial charge in [0.2, 0.25) is 0 Å². The van der Waals surface area contributed by atoms with Crippen LogP contribution in [0, 0.1) is 11.2 Å². The molecule has 2 aromatic rings. The van der Waals surface area contributed by atoms with Gasteiger partial charge in [-0.2, -0.15) is 0 Å². The summed E-state index contributed by atoms with van der Waals surface area (Å²) in [6, 6.07) is 3.04. The summed E-state index contributed by atoms with van der Waals surface area (Å²) in [4.78, 5) is 26.4. The Labute approximate surface area is 227 Å². The fourth-order valence-electron chi connectivity index (χ4n) is 4.76. The van der Waals surface area contributed by atoms with E-state index in [1.807, 2.05) is 13.0 Å². The molecule has 0 radical (unpaired) electrons. The van der Waals surface area contributed by atoms with Crippen molar-refractivity contribution in [1.29, 1.82) is 0 Å². The van der Waals surface area contributed by atoms with Gasteiger partial charge in [-0.1, -0.05) is 60.0 Å². The topological polar surface area (TPSA) is 65.8 Å². The van der Waals surface area contributed by atoms with Crippen LogP contribution in [0.2, 0.25) is 0 Å². The Morgan fingerprint density at radius 1 is 1.26 bits per heavy atom. The van der Waals surface area contributed by atoms with Gasteiger partial charge in [-0.15, -0.1) is 0 Å². The predicted octanol–water partition coefficient (Wildman–Crippen LogP) is 6.80. The molecule has 208 valence electrons. The summed E-state index contributed by atoms with van der Waals surface area (Å²) in [6.07, 6.45) is 11.5. The number of rotatable bonds is 10. The number of carbonyl (C=O) groups is 1.